The normalized spacial score (nSPS) is 17.2. The van der Waals surface area contributed by atoms with Crippen molar-refractivity contribution in [2.45, 2.75) is 52.1 Å². The average Bonchev–Trinajstić information content (AvgIpc) is 3.28. The van der Waals surface area contributed by atoms with Crippen molar-refractivity contribution >= 4 is 28.8 Å². The molecule has 7 nitrogen and oxygen atoms in total. The van der Waals surface area contributed by atoms with Gasteiger partial charge in [-0.15, -0.1) is 0 Å². The van der Waals surface area contributed by atoms with Gasteiger partial charge in [-0.3, -0.25) is 9.78 Å². The first-order chi connectivity index (χ1) is 16.9. The molecule has 0 fully saturated rings. The number of ether oxygens (including phenoxy) is 1. The highest BCUT2D eigenvalue weighted by Gasteiger charge is 2.41. The number of benzene rings is 1. The lowest BCUT2D eigenvalue weighted by Gasteiger charge is -2.36. The summed E-state index contributed by atoms with van der Waals surface area (Å²) in [7, 11) is 1.39. The van der Waals surface area contributed by atoms with E-state index in [0.717, 1.165) is 22.1 Å². The summed E-state index contributed by atoms with van der Waals surface area (Å²) in [6.07, 6.45) is 2.47. The van der Waals surface area contributed by atoms with Gasteiger partial charge in [-0.05, 0) is 41.0 Å². The summed E-state index contributed by atoms with van der Waals surface area (Å²) in [5, 5.41) is 5.65. The van der Waals surface area contributed by atoms with Crippen LogP contribution in [0.25, 0.3) is 0 Å². The van der Waals surface area contributed by atoms with Crippen molar-refractivity contribution in [2.24, 2.45) is 4.99 Å². The zero-order valence-electron chi connectivity index (χ0n) is 20.4. The van der Waals surface area contributed by atoms with Crippen molar-refractivity contribution in [3.05, 3.63) is 87.9 Å². The molecule has 182 valence electrons. The molecule has 2 aromatic rings. The fourth-order valence-electron chi connectivity index (χ4n) is 4.21. The zero-order valence-corrected chi connectivity index (χ0v) is 21.3. The van der Waals surface area contributed by atoms with Crippen LogP contribution in [-0.2, 0) is 20.9 Å². The molecule has 0 radical (unpaired) electrons. The minimum Gasteiger partial charge on any atom is -0.466 e. The van der Waals surface area contributed by atoms with Gasteiger partial charge in [0.05, 0.1) is 43.1 Å². The van der Waals surface area contributed by atoms with Crippen molar-refractivity contribution in [3.8, 4) is 0 Å². The Morgan fingerprint density at radius 3 is 2.57 bits per heavy atom. The predicted octanol–water partition coefficient (Wildman–Crippen LogP) is 5.05. The van der Waals surface area contributed by atoms with E-state index >= 15 is 0 Å². The molecule has 0 spiro atoms. The fraction of sp³-hybridized carbons (Fsp3) is 0.333. The van der Waals surface area contributed by atoms with Gasteiger partial charge in [-0.25, -0.2) is 9.79 Å². The van der Waals surface area contributed by atoms with Crippen molar-refractivity contribution in [1.29, 1.82) is 0 Å². The quantitative estimate of drug-likeness (QED) is 0.522. The molecule has 1 N–H and O–H groups in total. The van der Waals surface area contributed by atoms with E-state index in [-0.39, 0.29) is 12.3 Å². The minimum atomic E-state index is -0.420. The molecule has 1 amide bonds. The summed E-state index contributed by atoms with van der Waals surface area (Å²) in [5.41, 5.74) is 4.99. The minimum absolute atomic E-state index is 0.123. The second-order valence-corrected chi connectivity index (χ2v) is 9.53. The van der Waals surface area contributed by atoms with Crippen LogP contribution in [0.15, 0.2) is 76.0 Å². The van der Waals surface area contributed by atoms with E-state index in [4.69, 9.17) is 9.73 Å². The number of esters is 1. The molecule has 1 aromatic carbocycles. The van der Waals surface area contributed by atoms with Gasteiger partial charge < -0.3 is 15.0 Å². The molecule has 1 atom stereocenters. The number of methoxy groups -OCH3 is 1. The molecule has 4 rings (SSSR count). The van der Waals surface area contributed by atoms with E-state index < -0.39 is 12.0 Å². The monoisotopic (exact) mass is 490 g/mol. The molecule has 1 aromatic heterocycles. The number of thioether (sulfide) groups is 1. The SMILES string of the molecule is CCC1=C(C(=O)OC)[C@@H](c2ccc(C(C)C)cc2)N2C(CC(=O)NCc3ccccn3)=CSC2=N1. The molecule has 2 aliphatic rings. The highest BCUT2D eigenvalue weighted by atomic mass is 32.2. The number of allylic oxidation sites excluding steroid dienone is 1. The first-order valence-electron chi connectivity index (χ1n) is 11.7. The Hall–Kier alpha value is -3.39. The predicted molar refractivity (Wildman–Crippen MR) is 138 cm³/mol. The van der Waals surface area contributed by atoms with E-state index in [1.54, 1.807) is 6.20 Å². The fourth-order valence-corrected chi connectivity index (χ4v) is 5.15. The van der Waals surface area contributed by atoms with Crippen molar-refractivity contribution in [3.63, 3.8) is 0 Å². The Morgan fingerprint density at radius 2 is 1.94 bits per heavy atom. The molecular formula is C27H30N4O3S. The van der Waals surface area contributed by atoms with E-state index in [0.29, 0.717) is 30.2 Å². The Bertz CT molecular complexity index is 1190. The smallest absolute Gasteiger partial charge is 0.338 e. The summed E-state index contributed by atoms with van der Waals surface area (Å²) < 4.78 is 5.18. The number of pyridine rings is 1. The number of hydrogen-bond acceptors (Lipinski definition) is 7. The van der Waals surface area contributed by atoms with Crippen LogP contribution in [0.3, 0.4) is 0 Å². The van der Waals surface area contributed by atoms with Gasteiger partial charge in [0, 0.05) is 11.9 Å². The van der Waals surface area contributed by atoms with Crippen LogP contribution in [0.4, 0.5) is 0 Å². The number of hydrogen-bond donors (Lipinski definition) is 1. The second kappa shape index (κ2) is 10.9. The van der Waals surface area contributed by atoms with E-state index in [2.05, 4.69) is 48.4 Å². The largest absolute Gasteiger partial charge is 0.466 e. The molecule has 3 heterocycles. The Balaban J connectivity index is 1.64. The summed E-state index contributed by atoms with van der Waals surface area (Å²) in [5.74, 6) is -0.129. The lowest BCUT2D eigenvalue weighted by atomic mass is 9.91. The molecule has 8 heteroatoms. The maximum absolute atomic E-state index is 13.0. The Labute approximate surface area is 210 Å². The third-order valence-electron chi connectivity index (χ3n) is 6.08. The van der Waals surface area contributed by atoms with E-state index in [9.17, 15) is 9.59 Å². The van der Waals surface area contributed by atoms with Gasteiger partial charge in [0.15, 0.2) is 5.17 Å². The summed E-state index contributed by atoms with van der Waals surface area (Å²) in [6, 6.07) is 13.5. The average molecular weight is 491 g/mol. The van der Waals surface area contributed by atoms with E-state index in [1.165, 1.54) is 24.4 Å². The van der Waals surface area contributed by atoms with Crippen LogP contribution in [0.5, 0.6) is 0 Å². The molecule has 35 heavy (non-hydrogen) atoms. The van der Waals surface area contributed by atoms with Gasteiger partial charge in [0.25, 0.3) is 0 Å². The van der Waals surface area contributed by atoms with Gasteiger partial charge in [0.1, 0.15) is 0 Å². The molecule has 0 bridgehead atoms. The van der Waals surface area contributed by atoms with Crippen LogP contribution < -0.4 is 5.32 Å². The van der Waals surface area contributed by atoms with Gasteiger partial charge in [-0.2, -0.15) is 0 Å². The molecule has 0 saturated carbocycles. The molecular weight excluding hydrogens is 460 g/mol. The maximum atomic E-state index is 13.0. The van der Waals surface area contributed by atoms with Crippen LogP contribution in [0.2, 0.25) is 0 Å². The zero-order chi connectivity index (χ0) is 24.9. The highest BCUT2D eigenvalue weighted by molar-refractivity contribution is 8.16. The third kappa shape index (κ3) is 5.32. The lowest BCUT2D eigenvalue weighted by Crippen LogP contribution is -2.38. The number of nitrogens with zero attached hydrogens (tertiary/aromatic N) is 3. The molecule has 0 saturated heterocycles. The van der Waals surface area contributed by atoms with Crippen LogP contribution >= 0.6 is 11.8 Å². The number of carbonyl (C=O) groups excluding carboxylic acids is 2. The van der Waals surface area contributed by atoms with Crippen molar-refractivity contribution in [1.82, 2.24) is 15.2 Å². The number of carbonyl (C=O) groups is 2. The van der Waals surface area contributed by atoms with Crippen LogP contribution in [-0.4, -0.2) is 34.0 Å². The molecule has 0 aliphatic carbocycles. The van der Waals surface area contributed by atoms with Crippen LogP contribution in [0, 0.1) is 0 Å². The third-order valence-corrected chi connectivity index (χ3v) is 6.97. The first-order valence-corrected chi connectivity index (χ1v) is 12.6. The first kappa shape index (κ1) is 24.7. The summed E-state index contributed by atoms with van der Waals surface area (Å²) >= 11 is 1.47. The number of nitrogens with one attached hydrogen (secondary N) is 1. The summed E-state index contributed by atoms with van der Waals surface area (Å²) in [6.45, 7) is 6.64. The van der Waals surface area contributed by atoms with Gasteiger partial charge in [0.2, 0.25) is 5.91 Å². The standard InChI is InChI=1S/C27H30N4O3S/c1-5-22-24(26(33)34-4)25(19-11-9-18(10-12-19)17(2)3)31-21(16-35-27(31)30-22)14-23(32)29-15-20-8-6-7-13-28-20/h6-13,16-17,25H,5,14-15H2,1-4H3,(H,29,32)/t25-/m1/s1. The maximum Gasteiger partial charge on any atom is 0.338 e. The van der Waals surface area contributed by atoms with Gasteiger partial charge in [-0.1, -0.05) is 62.9 Å². The van der Waals surface area contributed by atoms with Crippen molar-refractivity contribution in [2.75, 3.05) is 7.11 Å². The van der Waals surface area contributed by atoms with Gasteiger partial charge >= 0.3 is 5.97 Å². The number of aliphatic imine (C=N–C) groups is 1. The topological polar surface area (TPSA) is 83.9 Å². The lowest BCUT2D eigenvalue weighted by molar-refractivity contribution is -0.136. The van der Waals surface area contributed by atoms with Crippen molar-refractivity contribution < 1.29 is 14.3 Å². The second-order valence-electron chi connectivity index (χ2n) is 8.70. The highest BCUT2D eigenvalue weighted by Crippen LogP contribution is 2.45. The van der Waals surface area contributed by atoms with Crippen LogP contribution in [0.1, 0.15) is 62.4 Å². The molecule has 2 aliphatic heterocycles. The number of rotatable bonds is 8. The number of amides is 1. The Kier molecular flexibility index (Phi) is 7.70. The van der Waals surface area contributed by atoms with E-state index in [1.807, 2.05) is 35.4 Å². The number of aromatic nitrogens is 1. The number of fused-ring (bicyclic) bond motifs is 1. The summed E-state index contributed by atoms with van der Waals surface area (Å²) in [4.78, 5) is 36.9. The molecule has 0 unspecified atom stereocenters. The number of amidine groups is 1. The Morgan fingerprint density at radius 1 is 1.17 bits per heavy atom.